The summed E-state index contributed by atoms with van der Waals surface area (Å²) in [7, 11) is 1.28. The molecule has 0 saturated heterocycles. The number of rotatable bonds is 5. The van der Waals surface area contributed by atoms with Crippen molar-refractivity contribution < 1.29 is 23.8 Å². The lowest BCUT2D eigenvalue weighted by atomic mass is 10.0. The van der Waals surface area contributed by atoms with E-state index in [1.165, 1.54) is 19.2 Å². The number of nitrogens with zero attached hydrogens (tertiary/aromatic N) is 1. The van der Waals surface area contributed by atoms with Crippen LogP contribution in [0.4, 0.5) is 5.13 Å². The molecule has 8 nitrogen and oxygen atoms in total. The lowest BCUT2D eigenvalue weighted by Crippen LogP contribution is -2.20. The molecule has 0 aliphatic heterocycles. The Morgan fingerprint density at radius 3 is 2.82 bits per heavy atom. The number of halogens is 1. The highest BCUT2D eigenvalue weighted by molar-refractivity contribution is 7.13. The number of amides is 1. The molecule has 0 aliphatic carbocycles. The Hall–Kier alpha value is -2.91. The van der Waals surface area contributed by atoms with Crippen LogP contribution in [0.15, 0.2) is 26.7 Å². The zero-order valence-corrected chi connectivity index (χ0v) is 16.4. The Kier molecular flexibility index (Phi) is 5.66. The molecule has 0 fully saturated rings. The summed E-state index contributed by atoms with van der Waals surface area (Å²) in [6, 6.07) is 2.74. The average Bonchev–Trinajstić information content (AvgIpc) is 3.07. The van der Waals surface area contributed by atoms with E-state index in [0.717, 1.165) is 11.3 Å². The monoisotopic (exact) mass is 422 g/mol. The number of phenols is 1. The van der Waals surface area contributed by atoms with Crippen LogP contribution in [0.25, 0.3) is 11.0 Å². The smallest absolute Gasteiger partial charge is 0.340 e. The molecule has 0 bridgehead atoms. The number of carbonyl (C=O) groups is 2. The highest BCUT2D eigenvalue weighted by Crippen LogP contribution is 2.30. The Balaban J connectivity index is 1.80. The van der Waals surface area contributed by atoms with Crippen molar-refractivity contribution in [3.8, 4) is 5.75 Å². The molecule has 146 valence electrons. The van der Waals surface area contributed by atoms with Gasteiger partial charge in [-0.3, -0.25) is 9.59 Å². The maximum atomic E-state index is 12.3. The standard InChI is InChI=1S/C18H15ClN2O6S/c1-8-10-4-12(19)13(22)6-14(10)27-17(25)11(8)5-15(23)21-18-20-9(7-28-18)3-16(24)26-2/h4,6-7,22H,3,5H2,1-2H3,(H,20,21,23). The van der Waals surface area contributed by atoms with E-state index in [1.807, 2.05) is 0 Å². The maximum Gasteiger partial charge on any atom is 0.340 e. The van der Waals surface area contributed by atoms with Gasteiger partial charge in [0.05, 0.1) is 36.2 Å². The number of phenolic OH excluding ortho intramolecular Hbond substituents is 1. The molecule has 3 aromatic rings. The van der Waals surface area contributed by atoms with Crippen LogP contribution in [-0.2, 0) is 27.2 Å². The minimum atomic E-state index is -0.674. The highest BCUT2D eigenvalue weighted by Gasteiger charge is 2.17. The summed E-state index contributed by atoms with van der Waals surface area (Å²) < 4.78 is 9.77. The number of thiazole rings is 1. The van der Waals surface area contributed by atoms with E-state index in [4.69, 9.17) is 16.0 Å². The summed E-state index contributed by atoms with van der Waals surface area (Å²) >= 11 is 7.08. The van der Waals surface area contributed by atoms with Gasteiger partial charge in [0.25, 0.3) is 0 Å². The van der Waals surface area contributed by atoms with E-state index in [9.17, 15) is 19.5 Å². The average molecular weight is 423 g/mol. The van der Waals surface area contributed by atoms with E-state index >= 15 is 0 Å². The molecule has 3 rings (SSSR count). The first-order chi connectivity index (χ1) is 13.3. The minimum Gasteiger partial charge on any atom is -0.506 e. The van der Waals surface area contributed by atoms with Gasteiger partial charge in [-0.15, -0.1) is 11.3 Å². The minimum absolute atomic E-state index is 0.00382. The number of carbonyl (C=O) groups excluding carboxylic acids is 2. The van der Waals surface area contributed by atoms with Gasteiger partial charge in [0.2, 0.25) is 5.91 Å². The van der Waals surface area contributed by atoms with Crippen molar-refractivity contribution in [2.24, 2.45) is 0 Å². The van der Waals surface area contributed by atoms with Crippen LogP contribution in [0.3, 0.4) is 0 Å². The quantitative estimate of drug-likeness (QED) is 0.479. The molecule has 0 spiro atoms. The number of methoxy groups -OCH3 is 1. The third-order valence-electron chi connectivity index (χ3n) is 4.04. The van der Waals surface area contributed by atoms with Crippen LogP contribution in [0, 0.1) is 6.92 Å². The summed E-state index contributed by atoms with van der Waals surface area (Å²) in [5.74, 6) is -1.09. The molecular formula is C18H15ClN2O6S. The number of ether oxygens (including phenoxy) is 1. The number of fused-ring (bicyclic) bond motifs is 1. The van der Waals surface area contributed by atoms with Crippen molar-refractivity contribution in [3.05, 3.63) is 49.8 Å². The number of aromatic nitrogens is 1. The Labute approximate surface area is 167 Å². The van der Waals surface area contributed by atoms with E-state index < -0.39 is 17.5 Å². The van der Waals surface area contributed by atoms with E-state index in [-0.39, 0.29) is 34.8 Å². The molecule has 0 aliphatic rings. The van der Waals surface area contributed by atoms with Crippen LogP contribution in [0.1, 0.15) is 16.8 Å². The van der Waals surface area contributed by atoms with Gasteiger partial charge >= 0.3 is 11.6 Å². The van der Waals surface area contributed by atoms with Gasteiger partial charge in [-0.05, 0) is 18.6 Å². The molecule has 1 aromatic carbocycles. The molecule has 0 radical (unpaired) electrons. The summed E-state index contributed by atoms with van der Waals surface area (Å²) in [6.07, 6.45) is -0.224. The first kappa shape index (κ1) is 19.8. The fourth-order valence-electron chi connectivity index (χ4n) is 2.59. The molecule has 2 aromatic heterocycles. The first-order valence-electron chi connectivity index (χ1n) is 8.04. The Morgan fingerprint density at radius 1 is 1.36 bits per heavy atom. The number of aryl methyl sites for hydroxylation is 1. The molecule has 28 heavy (non-hydrogen) atoms. The topological polar surface area (TPSA) is 119 Å². The van der Waals surface area contributed by atoms with Crippen LogP contribution >= 0.6 is 22.9 Å². The van der Waals surface area contributed by atoms with Crippen molar-refractivity contribution in [1.29, 1.82) is 0 Å². The zero-order chi connectivity index (χ0) is 20.4. The van der Waals surface area contributed by atoms with Crippen molar-refractivity contribution in [3.63, 3.8) is 0 Å². The van der Waals surface area contributed by atoms with Gasteiger partial charge in [-0.25, -0.2) is 9.78 Å². The summed E-state index contributed by atoms with van der Waals surface area (Å²) in [5.41, 5.74) is 0.697. The predicted molar refractivity (Wildman–Crippen MR) is 104 cm³/mol. The normalized spacial score (nSPS) is 10.8. The van der Waals surface area contributed by atoms with Crippen molar-refractivity contribution in [2.45, 2.75) is 19.8 Å². The summed E-state index contributed by atoms with van der Waals surface area (Å²) in [6.45, 7) is 1.67. The van der Waals surface area contributed by atoms with Gasteiger partial charge in [-0.2, -0.15) is 0 Å². The van der Waals surface area contributed by atoms with E-state index in [1.54, 1.807) is 12.3 Å². The van der Waals surface area contributed by atoms with Crippen LogP contribution in [-0.4, -0.2) is 29.1 Å². The third-order valence-corrected chi connectivity index (χ3v) is 5.15. The molecule has 2 N–H and O–H groups in total. The number of esters is 1. The Bertz CT molecular complexity index is 1140. The SMILES string of the molecule is COC(=O)Cc1csc(NC(=O)Cc2c(C)c3cc(Cl)c(O)cc3oc2=O)n1. The van der Waals surface area contributed by atoms with E-state index in [0.29, 0.717) is 21.8 Å². The molecule has 10 heteroatoms. The number of nitrogens with one attached hydrogen (secondary N) is 1. The predicted octanol–water partition coefficient (Wildman–Crippen LogP) is 2.81. The number of aromatic hydroxyl groups is 1. The lowest BCUT2D eigenvalue weighted by molar-refractivity contribution is -0.139. The second kappa shape index (κ2) is 7.99. The molecular weight excluding hydrogens is 408 g/mol. The van der Waals surface area contributed by atoms with Gasteiger partial charge in [0, 0.05) is 16.8 Å². The zero-order valence-electron chi connectivity index (χ0n) is 14.9. The third kappa shape index (κ3) is 4.15. The van der Waals surface area contributed by atoms with E-state index in [2.05, 4.69) is 15.0 Å². The van der Waals surface area contributed by atoms with Crippen molar-refractivity contribution >= 4 is 50.9 Å². The fraction of sp³-hybridized carbons (Fsp3) is 0.222. The summed E-state index contributed by atoms with van der Waals surface area (Å²) in [4.78, 5) is 40.0. The second-order valence-corrected chi connectivity index (χ2v) is 7.18. The number of hydrogen-bond acceptors (Lipinski definition) is 8. The second-order valence-electron chi connectivity index (χ2n) is 5.91. The van der Waals surface area contributed by atoms with Crippen LogP contribution in [0.5, 0.6) is 5.75 Å². The van der Waals surface area contributed by atoms with Gasteiger partial charge in [0.15, 0.2) is 5.13 Å². The van der Waals surface area contributed by atoms with Gasteiger partial charge < -0.3 is 19.6 Å². The molecule has 0 unspecified atom stereocenters. The highest BCUT2D eigenvalue weighted by atomic mass is 35.5. The van der Waals surface area contributed by atoms with Crippen molar-refractivity contribution in [1.82, 2.24) is 4.98 Å². The van der Waals surface area contributed by atoms with Gasteiger partial charge in [-0.1, -0.05) is 11.6 Å². The molecule has 0 saturated carbocycles. The van der Waals surface area contributed by atoms with Crippen LogP contribution in [0.2, 0.25) is 5.02 Å². The fourth-order valence-corrected chi connectivity index (χ4v) is 3.48. The van der Waals surface area contributed by atoms with Crippen LogP contribution < -0.4 is 10.9 Å². The largest absolute Gasteiger partial charge is 0.506 e. The molecule has 1 amide bonds. The first-order valence-corrected chi connectivity index (χ1v) is 9.30. The van der Waals surface area contributed by atoms with Crippen molar-refractivity contribution in [2.75, 3.05) is 12.4 Å². The lowest BCUT2D eigenvalue weighted by Gasteiger charge is -2.08. The summed E-state index contributed by atoms with van der Waals surface area (Å²) in [5, 5.41) is 14.8. The number of hydrogen-bond donors (Lipinski definition) is 2. The number of benzene rings is 1. The Morgan fingerprint density at radius 2 is 2.11 bits per heavy atom. The number of anilines is 1. The molecule has 0 atom stereocenters. The maximum absolute atomic E-state index is 12.3. The molecule has 2 heterocycles. The van der Waals surface area contributed by atoms with Gasteiger partial charge in [0.1, 0.15) is 11.3 Å².